The number of rotatable bonds is 3. The molecule has 0 amide bonds. The van der Waals surface area contributed by atoms with Crippen LogP contribution < -0.4 is 15.3 Å². The maximum absolute atomic E-state index is 9.14. The second kappa shape index (κ2) is 18.9. The first-order valence-electron chi connectivity index (χ1n) is 3.32. The molecular formula is C9H9GaO6. The number of hydrogen-bond donors (Lipinski definition) is 0. The van der Waals surface area contributed by atoms with Crippen LogP contribution in [-0.2, 0) is 14.4 Å². The van der Waals surface area contributed by atoms with Gasteiger partial charge in [-0.1, -0.05) is 19.7 Å². The van der Waals surface area contributed by atoms with Crippen LogP contribution >= 0.6 is 0 Å². The van der Waals surface area contributed by atoms with Gasteiger partial charge in [-0.05, 0) is 18.2 Å². The second-order valence-electron chi connectivity index (χ2n) is 1.57. The predicted molar refractivity (Wildman–Crippen MR) is 51.4 cm³/mol. The molecule has 0 N–H and O–H groups in total. The summed E-state index contributed by atoms with van der Waals surface area (Å²) in [6, 6.07) is 0. The van der Waals surface area contributed by atoms with Gasteiger partial charge in [0.25, 0.3) is 0 Å². The van der Waals surface area contributed by atoms with E-state index >= 15 is 0 Å². The molecule has 0 saturated carbocycles. The molecule has 0 saturated heterocycles. The molecule has 0 aliphatic carbocycles. The maximum Gasteiger partial charge on any atom is 3.00 e. The molecule has 0 rings (SSSR count). The van der Waals surface area contributed by atoms with Gasteiger partial charge in [-0.15, -0.1) is 0 Å². The standard InChI is InChI=1S/3C3H4O2.Ga/c3*1-2-3(4)5;/h3*2H,1H2,(H,4,5);/q;;;+3/p-3. The van der Waals surface area contributed by atoms with Crippen molar-refractivity contribution in [2.45, 2.75) is 0 Å². The number of aliphatic carboxylic acids is 3. The number of hydrogen-bond acceptors (Lipinski definition) is 6. The van der Waals surface area contributed by atoms with Crippen molar-refractivity contribution in [1.29, 1.82) is 0 Å². The van der Waals surface area contributed by atoms with Gasteiger partial charge in [-0.3, -0.25) is 0 Å². The van der Waals surface area contributed by atoms with Gasteiger partial charge >= 0.3 is 19.8 Å². The van der Waals surface area contributed by atoms with E-state index in [1.54, 1.807) is 0 Å². The molecule has 0 bridgehead atoms. The molecule has 0 radical (unpaired) electrons. The number of carboxylic acids is 3. The zero-order valence-electron chi connectivity index (χ0n) is 8.38. The SMILES string of the molecule is C=CC(=O)[O-].C=CC(=O)[O-].C=CC(=O)[O-].[Ga+3]. The van der Waals surface area contributed by atoms with E-state index in [0.717, 1.165) is 18.2 Å². The van der Waals surface area contributed by atoms with Crippen molar-refractivity contribution in [1.82, 2.24) is 0 Å². The van der Waals surface area contributed by atoms with Crippen molar-refractivity contribution in [2.75, 3.05) is 0 Å². The van der Waals surface area contributed by atoms with Crippen LogP contribution in [0, 0.1) is 0 Å². The zero-order chi connectivity index (χ0) is 12.9. The van der Waals surface area contributed by atoms with Crippen LogP contribution in [0.15, 0.2) is 38.0 Å². The van der Waals surface area contributed by atoms with Gasteiger partial charge in [0.1, 0.15) is 0 Å². The number of carbonyl (C=O) groups is 3. The van der Waals surface area contributed by atoms with Crippen LogP contribution in [0.25, 0.3) is 0 Å². The van der Waals surface area contributed by atoms with Gasteiger partial charge in [-0.25, -0.2) is 0 Å². The van der Waals surface area contributed by atoms with Crippen LogP contribution in [0.1, 0.15) is 0 Å². The van der Waals surface area contributed by atoms with Crippen LogP contribution in [0.3, 0.4) is 0 Å². The summed E-state index contributed by atoms with van der Waals surface area (Å²) >= 11 is 0. The van der Waals surface area contributed by atoms with Crippen LogP contribution in [0.5, 0.6) is 0 Å². The number of carbonyl (C=O) groups excluding carboxylic acids is 3. The summed E-state index contributed by atoms with van der Waals surface area (Å²) < 4.78 is 0. The first-order valence-corrected chi connectivity index (χ1v) is 3.32. The smallest absolute Gasteiger partial charge is 0.545 e. The zero-order valence-corrected chi connectivity index (χ0v) is 10.8. The van der Waals surface area contributed by atoms with E-state index in [2.05, 4.69) is 19.7 Å². The molecular weight excluding hydrogens is 274 g/mol. The Kier molecular flexibility index (Phi) is 28.2. The van der Waals surface area contributed by atoms with Crippen LogP contribution in [-0.4, -0.2) is 37.7 Å². The third-order valence-corrected chi connectivity index (χ3v) is 0.500. The van der Waals surface area contributed by atoms with Gasteiger partial charge in [0.05, 0.1) is 17.9 Å². The molecule has 6 nitrogen and oxygen atoms in total. The Morgan fingerprint density at radius 2 is 0.750 bits per heavy atom. The Balaban J connectivity index is -0.0000000655. The van der Waals surface area contributed by atoms with Gasteiger partial charge < -0.3 is 29.7 Å². The summed E-state index contributed by atoms with van der Waals surface area (Å²) in [4.78, 5) is 27.4. The molecule has 0 fully saturated rings. The third-order valence-electron chi connectivity index (χ3n) is 0.500. The molecule has 84 valence electrons. The Labute approximate surface area is 106 Å². The van der Waals surface area contributed by atoms with E-state index < -0.39 is 17.9 Å². The molecule has 0 atom stereocenters. The Hall–Kier alpha value is -1.73. The normalized spacial score (nSPS) is 6.00. The van der Waals surface area contributed by atoms with Crippen molar-refractivity contribution in [3.05, 3.63) is 38.0 Å². The van der Waals surface area contributed by atoms with Gasteiger partial charge in [0, 0.05) is 0 Å². The topological polar surface area (TPSA) is 120 Å². The predicted octanol–water partition coefficient (Wildman–Crippen LogP) is -3.61. The summed E-state index contributed by atoms with van der Waals surface area (Å²) in [5.41, 5.74) is 0. The monoisotopic (exact) mass is 282 g/mol. The van der Waals surface area contributed by atoms with E-state index in [-0.39, 0.29) is 19.8 Å². The van der Waals surface area contributed by atoms with E-state index in [1.807, 2.05) is 0 Å². The van der Waals surface area contributed by atoms with Crippen molar-refractivity contribution in [2.24, 2.45) is 0 Å². The van der Waals surface area contributed by atoms with Crippen molar-refractivity contribution >= 4 is 37.7 Å². The summed E-state index contributed by atoms with van der Waals surface area (Å²) in [5, 5.41) is 27.4. The summed E-state index contributed by atoms with van der Waals surface area (Å²) in [5.74, 6) is -3.69. The molecule has 0 heterocycles. The van der Waals surface area contributed by atoms with Gasteiger partial charge in [0.2, 0.25) is 0 Å². The minimum atomic E-state index is -1.23. The van der Waals surface area contributed by atoms with Crippen molar-refractivity contribution < 1.29 is 29.7 Å². The van der Waals surface area contributed by atoms with Crippen molar-refractivity contribution in [3.8, 4) is 0 Å². The quantitative estimate of drug-likeness (QED) is 0.389. The molecule has 0 spiro atoms. The first-order chi connectivity index (χ1) is 6.81. The fourth-order valence-electron chi connectivity index (χ4n) is 0. The largest absolute Gasteiger partial charge is 3.00 e. The van der Waals surface area contributed by atoms with E-state index in [9.17, 15) is 0 Å². The van der Waals surface area contributed by atoms with Crippen LogP contribution in [0.4, 0.5) is 0 Å². The van der Waals surface area contributed by atoms with Gasteiger partial charge in [-0.2, -0.15) is 0 Å². The van der Waals surface area contributed by atoms with Gasteiger partial charge in [0.15, 0.2) is 0 Å². The minimum Gasteiger partial charge on any atom is -0.545 e. The summed E-state index contributed by atoms with van der Waals surface area (Å²) in [6.45, 7) is 8.69. The Morgan fingerprint density at radius 3 is 0.750 bits per heavy atom. The second-order valence-corrected chi connectivity index (χ2v) is 1.57. The average molecular weight is 283 g/mol. The molecule has 0 aromatic heterocycles. The van der Waals surface area contributed by atoms with E-state index in [0.29, 0.717) is 0 Å². The Bertz CT molecular complexity index is 216. The van der Waals surface area contributed by atoms with E-state index in [1.165, 1.54) is 0 Å². The molecule has 0 aliphatic heterocycles. The number of carboxylic acid groups (broad SMARTS) is 3. The molecule has 0 aromatic carbocycles. The molecule has 0 aromatic rings. The summed E-state index contributed by atoms with van der Waals surface area (Å²) in [7, 11) is 0. The first kappa shape index (κ1) is 23.8. The molecule has 16 heavy (non-hydrogen) atoms. The summed E-state index contributed by atoms with van der Waals surface area (Å²) in [6.07, 6.45) is 2.17. The average Bonchev–Trinajstić information content (AvgIpc) is 2.19. The van der Waals surface area contributed by atoms with Crippen molar-refractivity contribution in [3.63, 3.8) is 0 Å². The minimum absolute atomic E-state index is 0. The molecule has 0 aliphatic rings. The molecule has 7 heteroatoms. The molecule has 0 unspecified atom stereocenters. The fourth-order valence-corrected chi connectivity index (χ4v) is 0. The fraction of sp³-hybridized carbons (Fsp3) is 0. The van der Waals surface area contributed by atoms with Crippen LogP contribution in [0.2, 0.25) is 0 Å². The third kappa shape index (κ3) is 85.5. The maximum atomic E-state index is 9.14. The van der Waals surface area contributed by atoms with E-state index in [4.69, 9.17) is 29.7 Å². The Morgan fingerprint density at radius 1 is 0.688 bits per heavy atom.